The van der Waals surface area contributed by atoms with Gasteiger partial charge in [0.05, 0.1) is 0 Å². The number of carbonyl (C=O) groups is 1. The Balaban J connectivity index is 2.76. The van der Waals surface area contributed by atoms with Crippen molar-refractivity contribution in [2.45, 2.75) is 33.0 Å². The first-order chi connectivity index (χ1) is 11.4. The summed E-state index contributed by atoms with van der Waals surface area (Å²) in [6.07, 6.45) is -4.70. The summed E-state index contributed by atoms with van der Waals surface area (Å²) in [6.45, 7) is 4.65. The fourth-order valence-electron chi connectivity index (χ4n) is 2.48. The maximum atomic E-state index is 14.3. The Bertz CT molecular complexity index is 812. The van der Waals surface area contributed by atoms with Gasteiger partial charge in [-0.25, -0.2) is 4.39 Å². The predicted molar refractivity (Wildman–Crippen MR) is 88.2 cm³/mol. The Kier molecular flexibility index (Phi) is 5.18. The number of hydrogen-bond acceptors (Lipinski definition) is 1. The summed E-state index contributed by atoms with van der Waals surface area (Å²) in [6, 6.07) is 3.38. The van der Waals surface area contributed by atoms with Crippen LogP contribution in [0, 0.1) is 12.7 Å². The highest BCUT2D eigenvalue weighted by atomic mass is 35.5. The lowest BCUT2D eigenvalue weighted by Crippen LogP contribution is -2.33. The Morgan fingerprint density at radius 3 is 2.36 bits per heavy atom. The highest BCUT2D eigenvalue weighted by molar-refractivity contribution is 6.30. The number of nitrogens with one attached hydrogen (secondary N) is 1. The summed E-state index contributed by atoms with van der Waals surface area (Å²) in [5, 5.41) is 0.109. The molecule has 0 saturated carbocycles. The predicted octanol–water partition coefficient (Wildman–Crippen LogP) is 5.28. The van der Waals surface area contributed by atoms with E-state index in [1.54, 1.807) is 13.8 Å². The number of rotatable bonds is 3. The molecule has 0 fully saturated rings. The van der Waals surface area contributed by atoms with Crippen molar-refractivity contribution in [1.29, 1.82) is 0 Å². The van der Waals surface area contributed by atoms with Gasteiger partial charge in [0, 0.05) is 29.2 Å². The molecule has 0 saturated heterocycles. The topological polar surface area (TPSA) is 36.1 Å². The number of halogens is 5. The second kappa shape index (κ2) is 6.71. The van der Waals surface area contributed by atoms with Crippen LogP contribution in [-0.2, 0) is 6.18 Å². The molecule has 0 bridgehead atoms. The fourth-order valence-corrected chi connectivity index (χ4v) is 2.64. The number of alkyl halides is 3. The molecular formula is C17H17ClF4N2O. The molecule has 25 heavy (non-hydrogen) atoms. The number of H-pyrrole nitrogens is 1. The Morgan fingerprint density at radius 1 is 1.28 bits per heavy atom. The summed E-state index contributed by atoms with van der Waals surface area (Å²) >= 11 is 5.71. The molecule has 0 radical (unpaired) electrons. The van der Waals surface area contributed by atoms with E-state index in [1.807, 2.05) is 0 Å². The van der Waals surface area contributed by atoms with Gasteiger partial charge in [-0.15, -0.1) is 0 Å². The van der Waals surface area contributed by atoms with E-state index in [0.717, 1.165) is 6.07 Å². The van der Waals surface area contributed by atoms with E-state index in [-0.39, 0.29) is 33.4 Å². The van der Waals surface area contributed by atoms with Gasteiger partial charge in [0.15, 0.2) is 0 Å². The zero-order valence-corrected chi connectivity index (χ0v) is 14.8. The lowest BCUT2D eigenvalue weighted by atomic mass is 9.99. The van der Waals surface area contributed by atoms with Crippen molar-refractivity contribution in [3.63, 3.8) is 0 Å². The van der Waals surface area contributed by atoms with E-state index in [9.17, 15) is 22.4 Å². The molecule has 3 nitrogen and oxygen atoms in total. The minimum Gasteiger partial charge on any atom is -0.346 e. The molecule has 1 amide bonds. The van der Waals surface area contributed by atoms with Crippen LogP contribution in [0.5, 0.6) is 0 Å². The van der Waals surface area contributed by atoms with Crippen molar-refractivity contribution in [2.75, 3.05) is 7.05 Å². The quantitative estimate of drug-likeness (QED) is 0.727. The van der Waals surface area contributed by atoms with E-state index in [2.05, 4.69) is 4.98 Å². The highest BCUT2D eigenvalue weighted by Gasteiger charge is 2.38. The third-order valence-electron chi connectivity index (χ3n) is 4.04. The van der Waals surface area contributed by atoms with Gasteiger partial charge >= 0.3 is 6.18 Å². The zero-order valence-electron chi connectivity index (χ0n) is 14.1. The maximum absolute atomic E-state index is 14.3. The first kappa shape index (κ1) is 19.3. The molecule has 0 atom stereocenters. The summed E-state index contributed by atoms with van der Waals surface area (Å²) in [4.78, 5) is 16.1. The molecule has 0 aliphatic carbocycles. The number of nitrogens with zero attached hydrogens (tertiary/aromatic N) is 1. The summed E-state index contributed by atoms with van der Waals surface area (Å²) < 4.78 is 54.1. The van der Waals surface area contributed by atoms with E-state index >= 15 is 0 Å². The van der Waals surface area contributed by atoms with Crippen LogP contribution in [0.3, 0.4) is 0 Å². The molecule has 1 aromatic heterocycles. The Hall–Kier alpha value is -2.02. The van der Waals surface area contributed by atoms with Crippen molar-refractivity contribution in [1.82, 2.24) is 9.88 Å². The molecule has 1 heterocycles. The average Bonchev–Trinajstić information content (AvgIpc) is 2.83. The number of aromatic nitrogens is 1. The Labute approximate surface area is 147 Å². The van der Waals surface area contributed by atoms with Crippen molar-refractivity contribution >= 4 is 17.5 Å². The molecule has 1 N–H and O–H groups in total. The van der Waals surface area contributed by atoms with Gasteiger partial charge in [-0.2, -0.15) is 13.2 Å². The highest BCUT2D eigenvalue weighted by Crippen LogP contribution is 2.39. The van der Waals surface area contributed by atoms with Crippen LogP contribution in [0.25, 0.3) is 11.1 Å². The van der Waals surface area contributed by atoms with E-state index < -0.39 is 23.6 Å². The van der Waals surface area contributed by atoms with E-state index in [0.29, 0.717) is 0 Å². The van der Waals surface area contributed by atoms with Crippen molar-refractivity contribution in [3.05, 3.63) is 46.0 Å². The smallest absolute Gasteiger partial charge is 0.346 e. The Morgan fingerprint density at radius 2 is 1.88 bits per heavy atom. The third kappa shape index (κ3) is 3.66. The fraction of sp³-hybridized carbons (Fsp3) is 0.353. The normalized spacial score (nSPS) is 11.9. The summed E-state index contributed by atoms with van der Waals surface area (Å²) in [5.41, 5.74) is -1.85. The largest absolute Gasteiger partial charge is 0.431 e. The standard InChI is InChI=1S/C17H17ClF4N2O/c1-8(2)24(4)16(25)14-13(9(3)15(23-14)17(20,21)22)11-6-5-10(18)7-12(11)19/h5-8,23H,1-4H3. The van der Waals surface area contributed by atoms with Crippen LogP contribution in [0.1, 0.15) is 35.6 Å². The van der Waals surface area contributed by atoms with Gasteiger partial charge in [-0.3, -0.25) is 4.79 Å². The molecule has 136 valence electrons. The molecule has 0 aliphatic rings. The van der Waals surface area contributed by atoms with Crippen LogP contribution in [0.4, 0.5) is 17.6 Å². The third-order valence-corrected chi connectivity index (χ3v) is 4.28. The van der Waals surface area contributed by atoms with Crippen molar-refractivity contribution in [3.8, 4) is 11.1 Å². The summed E-state index contributed by atoms with van der Waals surface area (Å²) in [7, 11) is 1.47. The number of amides is 1. The number of aromatic amines is 1. The van der Waals surface area contributed by atoms with Crippen LogP contribution >= 0.6 is 11.6 Å². The van der Waals surface area contributed by atoms with E-state index in [1.165, 1.54) is 31.0 Å². The van der Waals surface area contributed by atoms with Crippen LogP contribution in [0.2, 0.25) is 5.02 Å². The number of benzene rings is 1. The first-order valence-corrected chi connectivity index (χ1v) is 7.85. The van der Waals surface area contributed by atoms with Crippen LogP contribution in [0.15, 0.2) is 18.2 Å². The molecule has 0 spiro atoms. The second-order valence-corrected chi connectivity index (χ2v) is 6.44. The molecule has 1 aromatic carbocycles. The van der Waals surface area contributed by atoms with Crippen LogP contribution in [-0.4, -0.2) is 28.9 Å². The van der Waals surface area contributed by atoms with Crippen molar-refractivity contribution < 1.29 is 22.4 Å². The van der Waals surface area contributed by atoms with Gasteiger partial charge in [0.1, 0.15) is 17.2 Å². The number of carbonyl (C=O) groups excluding carboxylic acids is 1. The SMILES string of the molecule is Cc1c(C(F)(F)F)[nH]c(C(=O)N(C)C(C)C)c1-c1ccc(Cl)cc1F. The molecule has 2 rings (SSSR count). The van der Waals surface area contributed by atoms with Crippen molar-refractivity contribution in [2.24, 2.45) is 0 Å². The molecule has 2 aromatic rings. The number of hydrogen-bond donors (Lipinski definition) is 1. The molecule has 0 aliphatic heterocycles. The first-order valence-electron chi connectivity index (χ1n) is 7.47. The van der Waals surface area contributed by atoms with Gasteiger partial charge in [0.25, 0.3) is 5.91 Å². The van der Waals surface area contributed by atoms with Gasteiger partial charge in [0.2, 0.25) is 0 Å². The molecule has 8 heteroatoms. The van der Waals surface area contributed by atoms with Crippen LogP contribution < -0.4 is 0 Å². The maximum Gasteiger partial charge on any atom is 0.431 e. The molecule has 0 unspecified atom stereocenters. The monoisotopic (exact) mass is 376 g/mol. The molecular weight excluding hydrogens is 360 g/mol. The van der Waals surface area contributed by atoms with Gasteiger partial charge < -0.3 is 9.88 Å². The minimum absolute atomic E-state index is 0.109. The average molecular weight is 377 g/mol. The summed E-state index contributed by atoms with van der Waals surface area (Å²) in [5.74, 6) is -1.46. The lowest BCUT2D eigenvalue weighted by molar-refractivity contribution is -0.141. The van der Waals surface area contributed by atoms with Gasteiger partial charge in [-0.05, 0) is 44.5 Å². The lowest BCUT2D eigenvalue weighted by Gasteiger charge is -2.21. The van der Waals surface area contributed by atoms with E-state index in [4.69, 9.17) is 11.6 Å². The second-order valence-electron chi connectivity index (χ2n) is 6.01. The zero-order chi connectivity index (χ0) is 19.1. The van der Waals surface area contributed by atoms with Gasteiger partial charge in [-0.1, -0.05) is 11.6 Å². The minimum atomic E-state index is -4.70.